The van der Waals surface area contributed by atoms with E-state index in [2.05, 4.69) is 27.1 Å². The highest BCUT2D eigenvalue weighted by Gasteiger charge is 2.20. The maximum absolute atomic E-state index is 13.4. The lowest BCUT2D eigenvalue weighted by atomic mass is 10.2. The molecule has 0 unspecified atom stereocenters. The van der Waals surface area contributed by atoms with Gasteiger partial charge < -0.3 is 19.7 Å². The zero-order valence-corrected chi connectivity index (χ0v) is 18.6. The molecule has 3 aromatic rings. The molecule has 1 saturated heterocycles. The molecule has 1 fully saturated rings. The van der Waals surface area contributed by atoms with Crippen molar-refractivity contribution in [2.24, 2.45) is 0 Å². The number of hydrogen-bond acceptors (Lipinski definition) is 4. The van der Waals surface area contributed by atoms with Gasteiger partial charge in [-0.25, -0.2) is 9.07 Å². The highest BCUT2D eigenvalue weighted by atomic mass is 19.1. The summed E-state index contributed by atoms with van der Waals surface area (Å²) in [5.74, 6) is 0.161. The van der Waals surface area contributed by atoms with Crippen LogP contribution in [0.15, 0.2) is 55.0 Å². The summed E-state index contributed by atoms with van der Waals surface area (Å²) in [6.07, 6.45) is 7.41. The third kappa shape index (κ3) is 5.26. The normalized spacial score (nSPS) is 15.2. The predicted octanol–water partition coefficient (Wildman–Crippen LogP) is 2.95. The highest BCUT2D eigenvalue weighted by Crippen LogP contribution is 2.20. The Morgan fingerprint density at radius 2 is 1.69 bits per heavy atom. The van der Waals surface area contributed by atoms with Crippen molar-refractivity contribution in [2.75, 3.05) is 45.8 Å². The van der Waals surface area contributed by atoms with Gasteiger partial charge in [0.1, 0.15) is 11.4 Å². The van der Waals surface area contributed by atoms with Gasteiger partial charge >= 0.3 is 0 Å². The van der Waals surface area contributed by atoms with Crippen LogP contribution in [0.4, 0.5) is 4.39 Å². The molecular formula is C24H31FN6O. The molecule has 0 radical (unpaired) electrons. The SMILES string of the molecule is CCCN1CCN(CCCNC(=O)c2cnn(-c3ccc(F)cc3)c2-n2cccc2)CC1. The summed E-state index contributed by atoms with van der Waals surface area (Å²) in [5.41, 5.74) is 1.18. The van der Waals surface area contributed by atoms with E-state index in [1.54, 1.807) is 23.0 Å². The van der Waals surface area contributed by atoms with Crippen LogP contribution in [-0.4, -0.2) is 75.9 Å². The van der Waals surface area contributed by atoms with E-state index in [0.29, 0.717) is 23.6 Å². The first-order valence-corrected chi connectivity index (χ1v) is 11.4. The van der Waals surface area contributed by atoms with Gasteiger partial charge in [0, 0.05) is 45.1 Å². The molecule has 0 saturated carbocycles. The molecular weight excluding hydrogens is 407 g/mol. The van der Waals surface area contributed by atoms with Crippen LogP contribution >= 0.6 is 0 Å². The number of benzene rings is 1. The van der Waals surface area contributed by atoms with Gasteiger partial charge in [0.2, 0.25) is 0 Å². The average Bonchev–Trinajstić information content (AvgIpc) is 3.48. The molecule has 0 spiro atoms. The van der Waals surface area contributed by atoms with Crippen LogP contribution in [0.2, 0.25) is 0 Å². The van der Waals surface area contributed by atoms with E-state index in [1.807, 2.05) is 29.1 Å². The molecule has 0 atom stereocenters. The third-order valence-corrected chi connectivity index (χ3v) is 5.85. The van der Waals surface area contributed by atoms with Gasteiger partial charge in [-0.05, 0) is 62.3 Å². The maximum atomic E-state index is 13.4. The Labute approximate surface area is 188 Å². The Morgan fingerprint density at radius 3 is 2.34 bits per heavy atom. The number of nitrogens with one attached hydrogen (secondary N) is 1. The van der Waals surface area contributed by atoms with Gasteiger partial charge in [-0.2, -0.15) is 5.10 Å². The second kappa shape index (κ2) is 10.6. The zero-order valence-electron chi connectivity index (χ0n) is 18.6. The molecule has 4 rings (SSSR count). The third-order valence-electron chi connectivity index (χ3n) is 5.85. The molecule has 8 heteroatoms. The van der Waals surface area contributed by atoms with Crippen LogP contribution in [0.1, 0.15) is 30.1 Å². The van der Waals surface area contributed by atoms with Crippen molar-refractivity contribution in [1.82, 2.24) is 29.5 Å². The van der Waals surface area contributed by atoms with Crippen molar-refractivity contribution < 1.29 is 9.18 Å². The van der Waals surface area contributed by atoms with Crippen LogP contribution in [-0.2, 0) is 0 Å². The molecule has 7 nitrogen and oxygen atoms in total. The van der Waals surface area contributed by atoms with Gasteiger partial charge in [-0.1, -0.05) is 6.92 Å². The summed E-state index contributed by atoms with van der Waals surface area (Å²) < 4.78 is 16.9. The number of aromatic nitrogens is 3. The summed E-state index contributed by atoms with van der Waals surface area (Å²) in [5, 5.41) is 7.46. The average molecular weight is 439 g/mol. The van der Waals surface area contributed by atoms with Crippen LogP contribution in [0.3, 0.4) is 0 Å². The fraction of sp³-hybridized carbons (Fsp3) is 0.417. The first-order valence-electron chi connectivity index (χ1n) is 11.4. The smallest absolute Gasteiger partial charge is 0.256 e. The van der Waals surface area contributed by atoms with Crippen molar-refractivity contribution in [3.05, 3.63) is 66.4 Å². The zero-order chi connectivity index (χ0) is 22.3. The predicted molar refractivity (Wildman–Crippen MR) is 123 cm³/mol. The van der Waals surface area contributed by atoms with E-state index < -0.39 is 0 Å². The summed E-state index contributed by atoms with van der Waals surface area (Å²) >= 11 is 0. The van der Waals surface area contributed by atoms with Gasteiger partial charge in [0.15, 0.2) is 5.82 Å². The highest BCUT2D eigenvalue weighted by molar-refractivity contribution is 5.97. The molecule has 1 aliphatic heterocycles. The molecule has 1 aromatic carbocycles. The fourth-order valence-corrected chi connectivity index (χ4v) is 4.15. The van der Waals surface area contributed by atoms with Crippen LogP contribution in [0, 0.1) is 5.82 Å². The first-order chi connectivity index (χ1) is 15.7. The van der Waals surface area contributed by atoms with Crippen molar-refractivity contribution in [1.29, 1.82) is 0 Å². The Bertz CT molecular complexity index is 990. The number of piperazine rings is 1. The summed E-state index contributed by atoms with van der Waals surface area (Å²) in [6, 6.07) is 9.86. The Balaban J connectivity index is 1.37. The Morgan fingerprint density at radius 1 is 1.03 bits per heavy atom. The molecule has 1 amide bonds. The summed E-state index contributed by atoms with van der Waals surface area (Å²) in [6.45, 7) is 9.44. The number of hydrogen-bond donors (Lipinski definition) is 1. The molecule has 0 aliphatic carbocycles. The number of carbonyl (C=O) groups is 1. The fourth-order valence-electron chi connectivity index (χ4n) is 4.15. The van der Waals surface area contributed by atoms with Crippen molar-refractivity contribution in [3.8, 4) is 11.5 Å². The maximum Gasteiger partial charge on any atom is 0.256 e. The van der Waals surface area contributed by atoms with Crippen LogP contribution < -0.4 is 5.32 Å². The number of halogens is 1. The quantitative estimate of drug-likeness (QED) is 0.522. The number of carbonyl (C=O) groups excluding carboxylic acids is 1. The topological polar surface area (TPSA) is 58.3 Å². The largest absolute Gasteiger partial charge is 0.352 e. The lowest BCUT2D eigenvalue weighted by Gasteiger charge is -2.34. The van der Waals surface area contributed by atoms with Gasteiger partial charge in [0.25, 0.3) is 5.91 Å². The molecule has 32 heavy (non-hydrogen) atoms. The number of nitrogens with zero attached hydrogens (tertiary/aromatic N) is 5. The molecule has 170 valence electrons. The lowest BCUT2D eigenvalue weighted by molar-refractivity contribution is 0.0948. The Kier molecular flexibility index (Phi) is 7.34. The van der Waals surface area contributed by atoms with Crippen LogP contribution in [0.25, 0.3) is 11.5 Å². The van der Waals surface area contributed by atoms with Gasteiger partial charge in [0.05, 0.1) is 11.9 Å². The van der Waals surface area contributed by atoms with Crippen molar-refractivity contribution >= 4 is 5.91 Å². The van der Waals surface area contributed by atoms with E-state index in [0.717, 1.165) is 39.1 Å². The molecule has 1 aliphatic rings. The molecule has 3 heterocycles. The monoisotopic (exact) mass is 438 g/mol. The second-order valence-corrected chi connectivity index (χ2v) is 8.15. The molecule has 1 N–H and O–H groups in total. The summed E-state index contributed by atoms with van der Waals surface area (Å²) in [7, 11) is 0. The van der Waals surface area contributed by atoms with Crippen molar-refractivity contribution in [2.45, 2.75) is 19.8 Å². The van der Waals surface area contributed by atoms with E-state index in [-0.39, 0.29) is 11.7 Å². The van der Waals surface area contributed by atoms with Crippen molar-refractivity contribution in [3.63, 3.8) is 0 Å². The summed E-state index contributed by atoms with van der Waals surface area (Å²) in [4.78, 5) is 17.9. The lowest BCUT2D eigenvalue weighted by Crippen LogP contribution is -2.47. The van der Waals surface area contributed by atoms with Gasteiger partial charge in [-0.3, -0.25) is 4.79 Å². The molecule has 2 aromatic heterocycles. The number of rotatable bonds is 9. The first kappa shape index (κ1) is 22.2. The number of amides is 1. The van der Waals surface area contributed by atoms with E-state index >= 15 is 0 Å². The second-order valence-electron chi connectivity index (χ2n) is 8.15. The Hall–Kier alpha value is -2.97. The molecule has 0 bridgehead atoms. The van der Waals surface area contributed by atoms with E-state index in [9.17, 15) is 9.18 Å². The standard InChI is InChI=1S/C24H31FN6O/c1-2-11-28-15-17-29(18-16-28)12-5-10-26-23(32)22-19-27-31(21-8-6-20(25)7-9-21)24(22)30-13-3-4-14-30/h3-4,6-9,13-14,19H,2,5,10-12,15-18H2,1H3,(H,26,32). The van der Waals surface area contributed by atoms with E-state index in [1.165, 1.54) is 25.1 Å². The minimum atomic E-state index is -0.312. The minimum Gasteiger partial charge on any atom is -0.352 e. The minimum absolute atomic E-state index is 0.158. The van der Waals surface area contributed by atoms with Crippen LogP contribution in [0.5, 0.6) is 0 Å². The van der Waals surface area contributed by atoms with Gasteiger partial charge in [-0.15, -0.1) is 0 Å². The van der Waals surface area contributed by atoms with E-state index in [4.69, 9.17) is 0 Å².